The van der Waals surface area contributed by atoms with E-state index < -0.39 is 10.0 Å². The molecule has 0 N–H and O–H groups in total. The SMILES string of the molecule is COc1cccc(N(C)S(=O)(=O)c2ccc(C#N)s2)c1. The highest BCUT2D eigenvalue weighted by Crippen LogP contribution is 2.28. The normalized spacial score (nSPS) is 10.8. The average molecular weight is 308 g/mol. The van der Waals surface area contributed by atoms with Crippen molar-refractivity contribution in [1.82, 2.24) is 0 Å². The second kappa shape index (κ2) is 5.53. The van der Waals surface area contributed by atoms with Crippen LogP contribution >= 0.6 is 11.3 Å². The summed E-state index contributed by atoms with van der Waals surface area (Å²) in [7, 11) is -0.673. The fraction of sp³-hybridized carbons (Fsp3) is 0.154. The molecule has 104 valence electrons. The second-order valence-electron chi connectivity index (χ2n) is 3.90. The molecule has 0 atom stereocenters. The van der Waals surface area contributed by atoms with Gasteiger partial charge in [0.05, 0.1) is 12.8 Å². The lowest BCUT2D eigenvalue weighted by Gasteiger charge is -2.18. The van der Waals surface area contributed by atoms with Gasteiger partial charge in [-0.05, 0) is 24.3 Å². The Morgan fingerprint density at radius 1 is 1.30 bits per heavy atom. The summed E-state index contributed by atoms with van der Waals surface area (Å²) in [5.41, 5.74) is 0.497. The highest BCUT2D eigenvalue weighted by atomic mass is 32.2. The zero-order chi connectivity index (χ0) is 14.8. The van der Waals surface area contributed by atoms with E-state index in [4.69, 9.17) is 10.00 Å². The minimum absolute atomic E-state index is 0.138. The summed E-state index contributed by atoms with van der Waals surface area (Å²) in [6.07, 6.45) is 0. The summed E-state index contributed by atoms with van der Waals surface area (Å²) in [5.74, 6) is 0.577. The number of sulfonamides is 1. The Balaban J connectivity index is 2.40. The summed E-state index contributed by atoms with van der Waals surface area (Å²) in [5, 5.41) is 8.78. The first-order valence-corrected chi connectivity index (χ1v) is 7.87. The minimum atomic E-state index is -3.66. The van der Waals surface area contributed by atoms with Crippen molar-refractivity contribution in [2.75, 3.05) is 18.5 Å². The van der Waals surface area contributed by atoms with Crippen LogP contribution in [-0.4, -0.2) is 22.6 Å². The predicted molar refractivity (Wildman–Crippen MR) is 77.6 cm³/mol. The molecule has 0 spiro atoms. The molecule has 2 aromatic rings. The first-order chi connectivity index (χ1) is 9.48. The number of methoxy groups -OCH3 is 1. The van der Waals surface area contributed by atoms with Gasteiger partial charge in [-0.2, -0.15) is 5.26 Å². The van der Waals surface area contributed by atoms with Crippen LogP contribution in [0.5, 0.6) is 5.75 Å². The van der Waals surface area contributed by atoms with Crippen molar-refractivity contribution in [1.29, 1.82) is 5.26 Å². The number of thiophene rings is 1. The van der Waals surface area contributed by atoms with Gasteiger partial charge in [-0.25, -0.2) is 8.42 Å². The molecule has 5 nitrogen and oxygen atoms in total. The van der Waals surface area contributed by atoms with E-state index in [1.54, 1.807) is 24.3 Å². The number of nitrogens with zero attached hydrogens (tertiary/aromatic N) is 2. The lowest BCUT2D eigenvalue weighted by atomic mass is 10.3. The third-order valence-corrected chi connectivity index (χ3v) is 5.97. The summed E-state index contributed by atoms with van der Waals surface area (Å²) in [6.45, 7) is 0. The molecule has 0 aliphatic rings. The van der Waals surface area contributed by atoms with Crippen LogP contribution in [0.2, 0.25) is 0 Å². The monoisotopic (exact) mass is 308 g/mol. The second-order valence-corrected chi connectivity index (χ2v) is 7.18. The minimum Gasteiger partial charge on any atom is -0.497 e. The van der Waals surface area contributed by atoms with Crippen LogP contribution in [0, 0.1) is 11.3 Å². The zero-order valence-electron chi connectivity index (χ0n) is 10.9. The maximum Gasteiger partial charge on any atom is 0.273 e. The van der Waals surface area contributed by atoms with E-state index in [1.165, 1.54) is 30.6 Å². The number of benzene rings is 1. The van der Waals surface area contributed by atoms with Crippen molar-refractivity contribution >= 4 is 27.0 Å². The topological polar surface area (TPSA) is 70.4 Å². The molecule has 0 amide bonds. The number of ether oxygens (including phenoxy) is 1. The van der Waals surface area contributed by atoms with E-state index in [-0.39, 0.29) is 4.21 Å². The zero-order valence-corrected chi connectivity index (χ0v) is 12.5. The summed E-state index contributed by atoms with van der Waals surface area (Å²) in [6, 6.07) is 11.6. The Kier molecular flexibility index (Phi) is 3.97. The largest absolute Gasteiger partial charge is 0.497 e. The maximum atomic E-state index is 12.4. The van der Waals surface area contributed by atoms with Gasteiger partial charge in [-0.15, -0.1) is 11.3 Å². The molecule has 20 heavy (non-hydrogen) atoms. The first-order valence-electron chi connectivity index (χ1n) is 5.62. The maximum absolute atomic E-state index is 12.4. The van der Waals surface area contributed by atoms with Crippen LogP contribution in [-0.2, 0) is 10.0 Å². The van der Waals surface area contributed by atoms with Crippen LogP contribution in [0.15, 0.2) is 40.6 Å². The van der Waals surface area contributed by atoms with Crippen LogP contribution in [0.3, 0.4) is 0 Å². The van der Waals surface area contributed by atoms with Gasteiger partial charge in [0.25, 0.3) is 10.0 Å². The molecule has 1 heterocycles. The third-order valence-electron chi connectivity index (χ3n) is 2.72. The summed E-state index contributed by atoms with van der Waals surface area (Å²) >= 11 is 0.951. The van der Waals surface area contributed by atoms with Crippen molar-refractivity contribution in [3.8, 4) is 11.8 Å². The molecule has 0 radical (unpaired) electrons. The van der Waals surface area contributed by atoms with E-state index in [0.717, 1.165) is 11.3 Å². The molecule has 2 rings (SSSR count). The number of anilines is 1. The lowest BCUT2D eigenvalue weighted by molar-refractivity contribution is 0.415. The van der Waals surface area contributed by atoms with Gasteiger partial charge in [0, 0.05) is 13.1 Å². The van der Waals surface area contributed by atoms with Gasteiger partial charge in [-0.3, -0.25) is 4.31 Å². The van der Waals surface area contributed by atoms with Gasteiger partial charge in [0.15, 0.2) is 0 Å². The Bertz CT molecular complexity index is 760. The summed E-state index contributed by atoms with van der Waals surface area (Å²) in [4.78, 5) is 0.364. The molecular formula is C13H12N2O3S2. The van der Waals surface area contributed by atoms with Crippen LogP contribution in [0.1, 0.15) is 4.88 Å². The Morgan fingerprint density at radius 3 is 2.65 bits per heavy atom. The average Bonchev–Trinajstić information content (AvgIpc) is 2.96. The van der Waals surface area contributed by atoms with Crippen molar-refractivity contribution in [3.63, 3.8) is 0 Å². The fourth-order valence-electron chi connectivity index (χ4n) is 1.60. The molecule has 0 fully saturated rings. The quantitative estimate of drug-likeness (QED) is 0.870. The van der Waals surface area contributed by atoms with E-state index in [1.807, 2.05) is 6.07 Å². The summed E-state index contributed by atoms with van der Waals surface area (Å²) < 4.78 is 31.3. The van der Waals surface area contributed by atoms with Gasteiger partial charge in [0.1, 0.15) is 20.9 Å². The van der Waals surface area contributed by atoms with Crippen LogP contribution in [0.25, 0.3) is 0 Å². The molecule has 0 bridgehead atoms. The van der Waals surface area contributed by atoms with E-state index in [2.05, 4.69) is 0 Å². The lowest BCUT2D eigenvalue weighted by Crippen LogP contribution is -2.25. The van der Waals surface area contributed by atoms with Gasteiger partial charge >= 0.3 is 0 Å². The molecule has 1 aromatic carbocycles. The van der Waals surface area contributed by atoms with Crippen molar-refractivity contribution in [2.45, 2.75) is 4.21 Å². The Morgan fingerprint density at radius 2 is 2.05 bits per heavy atom. The molecule has 0 aliphatic carbocycles. The highest BCUT2D eigenvalue weighted by Gasteiger charge is 2.23. The van der Waals surface area contributed by atoms with Crippen molar-refractivity contribution in [2.24, 2.45) is 0 Å². The third kappa shape index (κ3) is 2.61. The van der Waals surface area contributed by atoms with Crippen LogP contribution < -0.4 is 9.04 Å². The van der Waals surface area contributed by atoms with Crippen molar-refractivity contribution < 1.29 is 13.2 Å². The smallest absolute Gasteiger partial charge is 0.273 e. The number of rotatable bonds is 4. The molecule has 1 aromatic heterocycles. The molecule has 0 saturated heterocycles. The molecule has 7 heteroatoms. The molecule has 0 unspecified atom stereocenters. The van der Waals surface area contributed by atoms with E-state index >= 15 is 0 Å². The standard InChI is InChI=1S/C13H12N2O3S2/c1-15(10-4-3-5-11(8-10)18-2)20(16,17)13-7-6-12(9-14)19-13/h3-8H,1-2H3. The number of hydrogen-bond acceptors (Lipinski definition) is 5. The highest BCUT2D eigenvalue weighted by molar-refractivity contribution is 7.94. The molecule has 0 aliphatic heterocycles. The fourth-order valence-corrected chi connectivity index (χ4v) is 4.06. The predicted octanol–water partition coefficient (Wildman–Crippen LogP) is 2.45. The molecular weight excluding hydrogens is 296 g/mol. The molecule has 0 saturated carbocycles. The number of hydrogen-bond donors (Lipinski definition) is 0. The van der Waals surface area contributed by atoms with Gasteiger partial charge < -0.3 is 4.74 Å². The number of nitriles is 1. The van der Waals surface area contributed by atoms with Gasteiger partial charge in [-0.1, -0.05) is 6.07 Å². The Hall–Kier alpha value is -2.04. The van der Waals surface area contributed by atoms with E-state index in [9.17, 15) is 8.42 Å². The first kappa shape index (κ1) is 14.4. The van der Waals surface area contributed by atoms with Gasteiger partial charge in [0.2, 0.25) is 0 Å². The Labute approximate surface area is 121 Å². The van der Waals surface area contributed by atoms with Crippen LogP contribution in [0.4, 0.5) is 5.69 Å². The van der Waals surface area contributed by atoms with Crippen molar-refractivity contribution in [3.05, 3.63) is 41.3 Å². The van der Waals surface area contributed by atoms with E-state index in [0.29, 0.717) is 16.3 Å².